The third-order valence-corrected chi connectivity index (χ3v) is 6.41. The minimum absolute atomic E-state index is 0.0718. The molecule has 24 heavy (non-hydrogen) atoms. The van der Waals surface area contributed by atoms with Crippen LogP contribution in [0.4, 0.5) is 5.82 Å². The highest BCUT2D eigenvalue weighted by atomic mass is 32.1. The molecule has 5 nitrogen and oxygen atoms in total. The van der Waals surface area contributed by atoms with Crippen molar-refractivity contribution in [2.24, 2.45) is 11.8 Å². The van der Waals surface area contributed by atoms with Crippen LogP contribution in [0.3, 0.4) is 0 Å². The van der Waals surface area contributed by atoms with E-state index in [1.54, 1.807) is 17.7 Å². The van der Waals surface area contributed by atoms with E-state index in [1.807, 2.05) is 0 Å². The van der Waals surface area contributed by atoms with E-state index in [0.717, 1.165) is 49.0 Å². The van der Waals surface area contributed by atoms with Crippen LogP contribution in [0, 0.1) is 25.7 Å². The quantitative estimate of drug-likeness (QED) is 0.926. The van der Waals surface area contributed by atoms with Gasteiger partial charge in [0, 0.05) is 24.5 Å². The van der Waals surface area contributed by atoms with Gasteiger partial charge in [0.05, 0.1) is 11.3 Å². The largest absolute Gasteiger partial charge is 0.356 e. The Morgan fingerprint density at radius 1 is 1.33 bits per heavy atom. The second-order valence-corrected chi connectivity index (χ2v) is 8.34. The van der Waals surface area contributed by atoms with E-state index in [2.05, 4.69) is 34.0 Å². The number of hydrogen-bond donors (Lipinski definition) is 1. The van der Waals surface area contributed by atoms with E-state index < -0.39 is 0 Å². The van der Waals surface area contributed by atoms with Crippen molar-refractivity contribution < 1.29 is 4.79 Å². The van der Waals surface area contributed by atoms with Crippen molar-refractivity contribution >= 4 is 33.3 Å². The third-order valence-electron chi connectivity index (χ3n) is 5.30. The summed E-state index contributed by atoms with van der Waals surface area (Å²) in [5.41, 5.74) is 1.27. The van der Waals surface area contributed by atoms with Gasteiger partial charge >= 0.3 is 0 Å². The van der Waals surface area contributed by atoms with Gasteiger partial charge in [-0.1, -0.05) is 0 Å². The number of thiophene rings is 1. The van der Waals surface area contributed by atoms with E-state index >= 15 is 0 Å². The van der Waals surface area contributed by atoms with Crippen LogP contribution in [0.5, 0.6) is 0 Å². The highest BCUT2D eigenvalue weighted by Gasteiger charge is 2.29. The van der Waals surface area contributed by atoms with Crippen LogP contribution in [-0.2, 0) is 4.79 Å². The first-order chi connectivity index (χ1) is 11.6. The van der Waals surface area contributed by atoms with Gasteiger partial charge in [-0.05, 0) is 51.0 Å². The Bertz CT molecular complexity index is 768. The summed E-state index contributed by atoms with van der Waals surface area (Å²) in [6.07, 6.45) is 6.21. The van der Waals surface area contributed by atoms with Crippen molar-refractivity contribution in [3.63, 3.8) is 0 Å². The SMILES string of the molecule is Cc1sc2ncnc(N3CCC[C@@H](C(=O)NCC4CC4)C3)c2c1C. The smallest absolute Gasteiger partial charge is 0.224 e. The van der Waals surface area contributed by atoms with Crippen LogP contribution in [0.1, 0.15) is 36.1 Å². The lowest BCUT2D eigenvalue weighted by Gasteiger charge is -2.33. The van der Waals surface area contributed by atoms with Crippen LogP contribution >= 0.6 is 11.3 Å². The molecule has 6 heteroatoms. The van der Waals surface area contributed by atoms with Gasteiger partial charge in [-0.2, -0.15) is 0 Å². The van der Waals surface area contributed by atoms with Gasteiger partial charge in [0.1, 0.15) is 17.0 Å². The van der Waals surface area contributed by atoms with Crippen molar-refractivity contribution in [3.8, 4) is 0 Å². The molecule has 0 bridgehead atoms. The van der Waals surface area contributed by atoms with Crippen molar-refractivity contribution in [1.82, 2.24) is 15.3 Å². The first-order valence-electron chi connectivity index (χ1n) is 8.87. The number of fused-ring (bicyclic) bond motifs is 1. The number of carbonyl (C=O) groups excluding carboxylic acids is 1. The monoisotopic (exact) mass is 344 g/mol. The predicted molar refractivity (Wildman–Crippen MR) is 97.6 cm³/mol. The molecule has 0 spiro atoms. The second-order valence-electron chi connectivity index (χ2n) is 7.13. The lowest BCUT2D eigenvalue weighted by molar-refractivity contribution is -0.125. The van der Waals surface area contributed by atoms with Crippen molar-refractivity contribution in [1.29, 1.82) is 0 Å². The molecule has 2 fully saturated rings. The molecule has 3 heterocycles. The highest BCUT2D eigenvalue weighted by molar-refractivity contribution is 7.18. The number of hydrogen-bond acceptors (Lipinski definition) is 5. The number of aromatic nitrogens is 2. The molecule has 128 valence electrons. The zero-order valence-corrected chi connectivity index (χ0v) is 15.2. The van der Waals surface area contributed by atoms with Crippen LogP contribution in [0.15, 0.2) is 6.33 Å². The predicted octanol–water partition coefficient (Wildman–Crippen LogP) is 3.05. The number of aryl methyl sites for hydroxylation is 2. The normalized spacial score (nSPS) is 21.2. The number of anilines is 1. The Labute approximate surface area is 146 Å². The zero-order valence-electron chi connectivity index (χ0n) is 14.3. The number of nitrogens with one attached hydrogen (secondary N) is 1. The summed E-state index contributed by atoms with van der Waals surface area (Å²) in [5, 5.41) is 4.31. The Kier molecular flexibility index (Phi) is 4.16. The fourth-order valence-electron chi connectivity index (χ4n) is 3.50. The van der Waals surface area contributed by atoms with Gasteiger partial charge in [-0.3, -0.25) is 4.79 Å². The maximum absolute atomic E-state index is 12.5. The van der Waals surface area contributed by atoms with Crippen LogP contribution in [-0.4, -0.2) is 35.5 Å². The molecule has 1 saturated carbocycles. The molecule has 2 aromatic heterocycles. The molecular weight excluding hydrogens is 320 g/mol. The molecule has 2 aromatic rings. The first kappa shape index (κ1) is 15.8. The minimum atomic E-state index is 0.0718. The Morgan fingerprint density at radius 2 is 2.17 bits per heavy atom. The average molecular weight is 344 g/mol. The van der Waals surface area contributed by atoms with Crippen LogP contribution in [0.25, 0.3) is 10.2 Å². The standard InChI is InChI=1S/C18H24N4OS/c1-11-12(2)24-18-15(11)16(20-10-21-18)22-7-3-4-14(9-22)17(23)19-8-13-5-6-13/h10,13-14H,3-9H2,1-2H3,(H,19,23)/t14-/m1/s1. The molecule has 1 atom stereocenters. The number of carbonyl (C=O) groups is 1. The summed E-state index contributed by atoms with van der Waals surface area (Å²) in [5.74, 6) is 2.02. The van der Waals surface area contributed by atoms with Gasteiger partial charge in [0.2, 0.25) is 5.91 Å². The molecule has 1 saturated heterocycles. The number of piperidine rings is 1. The lowest BCUT2D eigenvalue weighted by Crippen LogP contribution is -2.43. The van der Waals surface area contributed by atoms with Gasteiger partial charge in [-0.25, -0.2) is 9.97 Å². The topological polar surface area (TPSA) is 58.1 Å². The highest BCUT2D eigenvalue weighted by Crippen LogP contribution is 2.35. The fraction of sp³-hybridized carbons (Fsp3) is 0.611. The third kappa shape index (κ3) is 2.99. The summed E-state index contributed by atoms with van der Waals surface area (Å²) in [4.78, 5) is 26.1. The van der Waals surface area contributed by atoms with Crippen molar-refractivity contribution in [2.45, 2.75) is 39.5 Å². The molecule has 0 aromatic carbocycles. The average Bonchev–Trinajstić information content (AvgIpc) is 3.38. The number of amides is 1. The Hall–Kier alpha value is -1.69. The van der Waals surface area contributed by atoms with Gasteiger partial charge in [0.15, 0.2) is 0 Å². The molecule has 2 aliphatic rings. The molecular formula is C18H24N4OS. The minimum Gasteiger partial charge on any atom is -0.356 e. The molecule has 4 rings (SSSR count). The van der Waals surface area contributed by atoms with E-state index in [4.69, 9.17) is 0 Å². The van der Waals surface area contributed by atoms with Crippen molar-refractivity contribution in [2.75, 3.05) is 24.5 Å². The molecule has 1 amide bonds. The second kappa shape index (κ2) is 6.31. The maximum Gasteiger partial charge on any atom is 0.224 e. The molecule has 0 unspecified atom stereocenters. The summed E-state index contributed by atoms with van der Waals surface area (Å²) >= 11 is 1.73. The Morgan fingerprint density at radius 3 is 2.96 bits per heavy atom. The molecule has 0 radical (unpaired) electrons. The van der Waals surface area contributed by atoms with Crippen LogP contribution < -0.4 is 10.2 Å². The summed E-state index contributed by atoms with van der Waals surface area (Å²) in [6, 6.07) is 0. The van der Waals surface area contributed by atoms with Gasteiger partial charge < -0.3 is 10.2 Å². The summed E-state index contributed by atoms with van der Waals surface area (Å²) in [7, 11) is 0. The fourth-order valence-corrected chi connectivity index (χ4v) is 4.49. The molecule has 1 aliphatic heterocycles. The number of nitrogens with zero attached hydrogens (tertiary/aromatic N) is 3. The zero-order chi connectivity index (χ0) is 16.7. The maximum atomic E-state index is 12.5. The van der Waals surface area contributed by atoms with Gasteiger partial charge in [-0.15, -0.1) is 11.3 Å². The lowest BCUT2D eigenvalue weighted by atomic mass is 9.96. The molecule has 1 aliphatic carbocycles. The van der Waals surface area contributed by atoms with E-state index in [-0.39, 0.29) is 11.8 Å². The first-order valence-corrected chi connectivity index (χ1v) is 9.68. The van der Waals surface area contributed by atoms with E-state index in [0.29, 0.717) is 0 Å². The van der Waals surface area contributed by atoms with E-state index in [1.165, 1.54) is 28.7 Å². The van der Waals surface area contributed by atoms with Crippen molar-refractivity contribution in [3.05, 3.63) is 16.8 Å². The van der Waals surface area contributed by atoms with Gasteiger partial charge in [0.25, 0.3) is 0 Å². The number of rotatable bonds is 4. The van der Waals surface area contributed by atoms with E-state index in [9.17, 15) is 4.79 Å². The van der Waals surface area contributed by atoms with Crippen LogP contribution in [0.2, 0.25) is 0 Å². The summed E-state index contributed by atoms with van der Waals surface area (Å²) in [6.45, 7) is 6.86. The summed E-state index contributed by atoms with van der Waals surface area (Å²) < 4.78 is 0. The Balaban J connectivity index is 1.54. The molecule has 1 N–H and O–H groups in total.